The fraction of sp³-hybridized carbons (Fsp3) is 0.417. The molecule has 2 rings (SSSR count). The lowest BCUT2D eigenvalue weighted by molar-refractivity contribution is -0.140. The van der Waals surface area contributed by atoms with Crippen LogP contribution in [-0.4, -0.2) is 36.4 Å². The molecule has 0 fully saturated rings. The number of hydrogen-bond donors (Lipinski definition) is 3. The smallest absolute Gasteiger partial charge is 0.323 e. The van der Waals surface area contributed by atoms with Gasteiger partial charge in [0.25, 0.3) is 0 Å². The molecule has 0 radical (unpaired) electrons. The van der Waals surface area contributed by atoms with Crippen LogP contribution in [0.2, 0.25) is 0 Å². The van der Waals surface area contributed by atoms with Gasteiger partial charge < -0.3 is 10.2 Å². The van der Waals surface area contributed by atoms with Crippen LogP contribution in [0.25, 0.3) is 0 Å². The van der Waals surface area contributed by atoms with E-state index < -0.39 is 38.1 Å². The van der Waals surface area contributed by atoms with Crippen molar-refractivity contribution in [2.75, 3.05) is 0 Å². The molecule has 0 aliphatic heterocycles. The third kappa shape index (κ3) is 6.66. The number of rotatable bonds is 13. The first-order chi connectivity index (χ1) is 14.7. The molecule has 0 saturated heterocycles. The summed E-state index contributed by atoms with van der Waals surface area (Å²) >= 11 is 0. The van der Waals surface area contributed by atoms with Gasteiger partial charge in [0.15, 0.2) is 0 Å². The highest BCUT2D eigenvalue weighted by Gasteiger charge is 2.47. The summed E-state index contributed by atoms with van der Waals surface area (Å²) in [7, 11) is -3.65. The maximum Gasteiger partial charge on any atom is 0.323 e. The Labute approximate surface area is 184 Å². The molecule has 2 aromatic carbocycles. The molecule has 0 saturated carbocycles. The second kappa shape index (κ2) is 11.1. The number of benzene rings is 2. The first kappa shape index (κ1) is 24.6. The van der Waals surface area contributed by atoms with Crippen LogP contribution in [0.4, 0.5) is 0 Å². The topological polar surface area (TPSA) is 116 Å². The van der Waals surface area contributed by atoms with Gasteiger partial charge in [0.05, 0.1) is 9.73 Å². The highest BCUT2D eigenvalue weighted by Crippen LogP contribution is 2.33. The van der Waals surface area contributed by atoms with E-state index in [4.69, 9.17) is 9.89 Å². The van der Waals surface area contributed by atoms with Gasteiger partial charge in [0.2, 0.25) is 0 Å². The first-order valence-electron chi connectivity index (χ1n) is 10.5. The van der Waals surface area contributed by atoms with E-state index in [0.717, 1.165) is 17.5 Å². The van der Waals surface area contributed by atoms with E-state index in [9.17, 15) is 18.9 Å². The second-order valence-corrected chi connectivity index (χ2v) is 10.8. The lowest BCUT2D eigenvalue weighted by atomic mass is 10.0. The molecule has 6 nitrogen and oxygen atoms in total. The number of carbonyl (C=O) groups is 2. The van der Waals surface area contributed by atoms with Gasteiger partial charge in [-0.15, -0.1) is 0 Å². The van der Waals surface area contributed by atoms with Crippen LogP contribution >= 0.6 is 0 Å². The summed E-state index contributed by atoms with van der Waals surface area (Å²) < 4.78 is 20.5. The fourth-order valence-electron chi connectivity index (χ4n) is 3.73. The van der Waals surface area contributed by atoms with Gasteiger partial charge in [0, 0.05) is 11.7 Å². The number of hydrogen-bond acceptors (Lipinski definition) is 4. The van der Waals surface area contributed by atoms with Crippen molar-refractivity contribution in [3.05, 3.63) is 71.8 Å². The summed E-state index contributed by atoms with van der Waals surface area (Å²) in [5, 5.41) is 18.2. The molecule has 3 atom stereocenters. The van der Waals surface area contributed by atoms with Crippen molar-refractivity contribution in [2.24, 2.45) is 0 Å². The Balaban J connectivity index is 2.23. The molecule has 7 heteroatoms. The molecule has 0 heterocycles. The highest BCUT2D eigenvalue weighted by atomic mass is 32.2. The Morgan fingerprint density at radius 3 is 1.94 bits per heavy atom. The zero-order valence-corrected chi connectivity index (χ0v) is 18.6. The summed E-state index contributed by atoms with van der Waals surface area (Å²) in [6, 6.07) is 19.5. The van der Waals surface area contributed by atoms with E-state index in [1.165, 1.54) is 6.92 Å². The van der Waals surface area contributed by atoms with E-state index in [1.807, 2.05) is 60.7 Å². The largest absolute Gasteiger partial charge is 0.481 e. The number of carboxylic acids is 2. The van der Waals surface area contributed by atoms with Crippen LogP contribution in [0.5, 0.6) is 0 Å². The average molecular weight is 446 g/mol. The molecule has 0 bridgehead atoms. The van der Waals surface area contributed by atoms with Crippen LogP contribution in [0.1, 0.15) is 50.2 Å². The predicted molar refractivity (Wildman–Crippen MR) is 122 cm³/mol. The Kier molecular flexibility index (Phi) is 8.80. The van der Waals surface area contributed by atoms with Crippen molar-refractivity contribution in [2.45, 2.75) is 61.9 Å². The van der Waals surface area contributed by atoms with E-state index in [0.29, 0.717) is 25.7 Å². The predicted octanol–water partition coefficient (Wildman–Crippen LogP) is 4.77. The molecule has 0 aliphatic carbocycles. The van der Waals surface area contributed by atoms with Crippen molar-refractivity contribution in [3.63, 3.8) is 0 Å². The standard InChI is InChI=1S/C24H31NO5S/c1-24(23(28)29,18-17-22(26)27)31(25,30)21(16-15-20-11-6-3-7-12-20)14-8-13-19-9-4-2-5-10-19/h2-7,9-12,21,25H,8,13-18H2,1H3,(H,26,27)(H,28,29). The molecule has 168 valence electrons. The third-order valence-electron chi connectivity index (χ3n) is 5.84. The van der Waals surface area contributed by atoms with Crippen molar-refractivity contribution >= 4 is 21.7 Å². The Morgan fingerprint density at radius 2 is 1.45 bits per heavy atom. The summed E-state index contributed by atoms with van der Waals surface area (Å²) in [4.78, 5) is 23.1. The molecule has 0 amide bonds. The third-order valence-corrected chi connectivity index (χ3v) is 8.97. The molecule has 3 N–H and O–H groups in total. The number of aryl methyl sites for hydroxylation is 2. The van der Waals surface area contributed by atoms with Gasteiger partial charge in [-0.05, 0) is 56.6 Å². The van der Waals surface area contributed by atoms with Gasteiger partial charge >= 0.3 is 11.9 Å². The molecule has 3 unspecified atom stereocenters. The molecule has 0 aliphatic rings. The normalized spacial score (nSPS) is 16.0. The minimum absolute atomic E-state index is 0.333. The summed E-state index contributed by atoms with van der Waals surface area (Å²) in [6.45, 7) is 1.26. The highest BCUT2D eigenvalue weighted by molar-refractivity contribution is 7.95. The molecular formula is C24H31NO5S. The summed E-state index contributed by atoms with van der Waals surface area (Å²) in [5.41, 5.74) is 2.17. The zero-order chi connectivity index (χ0) is 22.9. The maximum absolute atomic E-state index is 13.7. The number of carboxylic acid groups (broad SMARTS) is 2. The monoisotopic (exact) mass is 445 g/mol. The second-order valence-electron chi connectivity index (χ2n) is 8.05. The van der Waals surface area contributed by atoms with Crippen LogP contribution in [-0.2, 0) is 32.2 Å². The summed E-state index contributed by atoms with van der Waals surface area (Å²) in [5.74, 6) is -2.53. The Hall–Kier alpha value is -2.67. The van der Waals surface area contributed by atoms with Gasteiger partial charge in [-0.2, -0.15) is 0 Å². The maximum atomic E-state index is 13.7. The minimum atomic E-state index is -3.65. The van der Waals surface area contributed by atoms with E-state index in [-0.39, 0.29) is 6.42 Å². The van der Waals surface area contributed by atoms with Crippen molar-refractivity contribution < 1.29 is 24.0 Å². The first-order valence-corrected chi connectivity index (χ1v) is 12.1. The van der Waals surface area contributed by atoms with Gasteiger partial charge in [-0.3, -0.25) is 14.4 Å². The zero-order valence-electron chi connectivity index (χ0n) is 17.8. The van der Waals surface area contributed by atoms with Gasteiger partial charge in [-0.1, -0.05) is 60.7 Å². The quantitative estimate of drug-likeness (QED) is 0.411. The fourth-order valence-corrected chi connectivity index (χ4v) is 6.08. The lowest BCUT2D eigenvalue weighted by Gasteiger charge is -2.33. The van der Waals surface area contributed by atoms with E-state index in [2.05, 4.69) is 0 Å². The van der Waals surface area contributed by atoms with Crippen LogP contribution in [0.15, 0.2) is 60.7 Å². The van der Waals surface area contributed by atoms with Crippen molar-refractivity contribution in [1.82, 2.24) is 0 Å². The van der Waals surface area contributed by atoms with E-state index >= 15 is 0 Å². The Bertz CT molecular complexity index is 960. The molecule has 0 aromatic heterocycles. The number of nitrogens with one attached hydrogen (secondary N) is 1. The summed E-state index contributed by atoms with van der Waals surface area (Å²) in [6.07, 6.45) is 2.10. The molecule has 0 spiro atoms. The van der Waals surface area contributed by atoms with Gasteiger partial charge in [-0.25, -0.2) is 4.21 Å². The van der Waals surface area contributed by atoms with Crippen LogP contribution < -0.4 is 0 Å². The van der Waals surface area contributed by atoms with Crippen molar-refractivity contribution in [3.8, 4) is 0 Å². The average Bonchev–Trinajstić information content (AvgIpc) is 2.75. The number of aliphatic carboxylic acids is 2. The van der Waals surface area contributed by atoms with E-state index in [1.54, 1.807) is 0 Å². The van der Waals surface area contributed by atoms with Crippen LogP contribution in [0, 0.1) is 4.78 Å². The molecule has 2 aromatic rings. The minimum Gasteiger partial charge on any atom is -0.481 e. The Morgan fingerprint density at radius 1 is 0.935 bits per heavy atom. The van der Waals surface area contributed by atoms with Crippen LogP contribution in [0.3, 0.4) is 0 Å². The molecular weight excluding hydrogens is 414 g/mol. The lowest BCUT2D eigenvalue weighted by Crippen LogP contribution is -2.48. The van der Waals surface area contributed by atoms with Gasteiger partial charge in [0.1, 0.15) is 4.75 Å². The molecule has 31 heavy (non-hydrogen) atoms. The SMILES string of the molecule is CC(CCC(=O)O)(C(=O)O)S(=N)(=O)C(CCCc1ccccc1)CCc1ccccc1. The van der Waals surface area contributed by atoms with Crippen molar-refractivity contribution in [1.29, 1.82) is 4.78 Å².